The summed E-state index contributed by atoms with van der Waals surface area (Å²) in [5.41, 5.74) is 0. The third-order valence-electron chi connectivity index (χ3n) is 2.44. The predicted molar refractivity (Wildman–Crippen MR) is 62.2 cm³/mol. The molecule has 82 valence electrons. The van der Waals surface area contributed by atoms with Crippen molar-refractivity contribution in [1.29, 1.82) is 0 Å². The zero-order valence-corrected chi connectivity index (χ0v) is 9.83. The smallest absolute Gasteiger partial charge is 0.237 e. The molecule has 0 unspecified atom stereocenters. The van der Waals surface area contributed by atoms with Gasteiger partial charge in [-0.2, -0.15) is 0 Å². The number of carbonyl (C=O) groups is 1. The van der Waals surface area contributed by atoms with E-state index in [1.807, 2.05) is 12.1 Å². The van der Waals surface area contributed by atoms with E-state index in [-0.39, 0.29) is 11.9 Å². The summed E-state index contributed by atoms with van der Waals surface area (Å²) in [7, 11) is 0. The molecule has 1 saturated heterocycles. The van der Waals surface area contributed by atoms with Crippen molar-refractivity contribution in [2.75, 3.05) is 6.54 Å². The average Bonchev–Trinajstić information content (AvgIpc) is 2.84. The van der Waals surface area contributed by atoms with E-state index in [2.05, 4.69) is 10.6 Å². The van der Waals surface area contributed by atoms with Crippen LogP contribution in [0.2, 0.25) is 4.34 Å². The van der Waals surface area contributed by atoms with Gasteiger partial charge in [0.25, 0.3) is 0 Å². The molecule has 0 aliphatic carbocycles. The van der Waals surface area contributed by atoms with E-state index >= 15 is 0 Å². The Kier molecular flexibility index (Phi) is 3.61. The molecule has 1 aromatic heterocycles. The molecule has 1 aromatic rings. The Bertz CT molecular complexity index is 347. The average molecular weight is 245 g/mol. The van der Waals surface area contributed by atoms with Gasteiger partial charge in [-0.05, 0) is 31.5 Å². The highest BCUT2D eigenvalue weighted by Crippen LogP contribution is 2.21. The van der Waals surface area contributed by atoms with Crippen molar-refractivity contribution in [2.24, 2.45) is 0 Å². The molecule has 2 heterocycles. The number of hydrogen-bond acceptors (Lipinski definition) is 3. The van der Waals surface area contributed by atoms with E-state index in [1.165, 1.54) is 11.3 Å². The van der Waals surface area contributed by atoms with Gasteiger partial charge in [0.1, 0.15) is 0 Å². The first-order valence-corrected chi connectivity index (χ1v) is 6.20. The van der Waals surface area contributed by atoms with E-state index in [0.29, 0.717) is 6.54 Å². The fourth-order valence-electron chi connectivity index (χ4n) is 1.65. The number of rotatable bonds is 3. The normalized spacial score (nSPS) is 20.5. The summed E-state index contributed by atoms with van der Waals surface area (Å²) in [6.45, 7) is 1.53. The number of halogens is 1. The van der Waals surface area contributed by atoms with Crippen molar-refractivity contribution in [3.8, 4) is 0 Å². The minimum absolute atomic E-state index is 0.000402. The van der Waals surface area contributed by atoms with Gasteiger partial charge in [0.05, 0.1) is 16.9 Å². The van der Waals surface area contributed by atoms with E-state index in [9.17, 15) is 4.79 Å². The molecule has 15 heavy (non-hydrogen) atoms. The Hall–Kier alpha value is -0.580. The maximum atomic E-state index is 11.6. The van der Waals surface area contributed by atoms with Gasteiger partial charge in [0, 0.05) is 4.88 Å². The lowest BCUT2D eigenvalue weighted by Crippen LogP contribution is -2.39. The second-order valence-electron chi connectivity index (χ2n) is 3.57. The van der Waals surface area contributed by atoms with Crippen LogP contribution in [-0.2, 0) is 11.3 Å². The number of nitrogens with one attached hydrogen (secondary N) is 2. The fourth-order valence-corrected chi connectivity index (χ4v) is 2.68. The number of hydrogen-bond donors (Lipinski definition) is 2. The molecule has 0 radical (unpaired) electrons. The maximum absolute atomic E-state index is 11.6. The van der Waals surface area contributed by atoms with Crippen LogP contribution in [0.5, 0.6) is 0 Å². The van der Waals surface area contributed by atoms with Gasteiger partial charge in [-0.3, -0.25) is 4.79 Å². The van der Waals surface area contributed by atoms with Gasteiger partial charge < -0.3 is 10.6 Å². The van der Waals surface area contributed by atoms with Crippen LogP contribution < -0.4 is 10.6 Å². The Morgan fingerprint density at radius 2 is 2.53 bits per heavy atom. The van der Waals surface area contributed by atoms with Crippen molar-refractivity contribution >= 4 is 28.8 Å². The van der Waals surface area contributed by atoms with Crippen LogP contribution in [-0.4, -0.2) is 18.5 Å². The van der Waals surface area contributed by atoms with E-state index in [1.54, 1.807) is 0 Å². The minimum Gasteiger partial charge on any atom is -0.350 e. The topological polar surface area (TPSA) is 41.1 Å². The Morgan fingerprint density at radius 1 is 1.67 bits per heavy atom. The van der Waals surface area contributed by atoms with Gasteiger partial charge in [-0.25, -0.2) is 0 Å². The molecule has 3 nitrogen and oxygen atoms in total. The molecule has 1 aliphatic heterocycles. The highest BCUT2D eigenvalue weighted by Gasteiger charge is 2.21. The number of thiophene rings is 1. The van der Waals surface area contributed by atoms with Crippen molar-refractivity contribution < 1.29 is 4.79 Å². The second kappa shape index (κ2) is 4.96. The largest absolute Gasteiger partial charge is 0.350 e. The molecule has 0 bridgehead atoms. The summed E-state index contributed by atoms with van der Waals surface area (Å²) in [5.74, 6) is 0.0945. The Labute approximate surface area is 97.8 Å². The third kappa shape index (κ3) is 2.93. The van der Waals surface area contributed by atoms with E-state index < -0.39 is 0 Å². The number of carbonyl (C=O) groups excluding carboxylic acids is 1. The summed E-state index contributed by atoms with van der Waals surface area (Å²) in [6.07, 6.45) is 2.03. The molecule has 2 rings (SSSR count). The highest BCUT2D eigenvalue weighted by molar-refractivity contribution is 7.16. The summed E-state index contributed by atoms with van der Waals surface area (Å²) >= 11 is 7.30. The third-order valence-corrected chi connectivity index (χ3v) is 3.67. The maximum Gasteiger partial charge on any atom is 0.237 e. The lowest BCUT2D eigenvalue weighted by molar-refractivity contribution is -0.122. The monoisotopic (exact) mass is 244 g/mol. The first kappa shape index (κ1) is 10.9. The molecule has 0 spiro atoms. The summed E-state index contributed by atoms with van der Waals surface area (Å²) in [5, 5.41) is 6.07. The van der Waals surface area contributed by atoms with Crippen molar-refractivity contribution in [2.45, 2.75) is 25.4 Å². The van der Waals surface area contributed by atoms with Crippen molar-refractivity contribution in [1.82, 2.24) is 10.6 Å². The zero-order chi connectivity index (χ0) is 10.7. The van der Waals surface area contributed by atoms with E-state index in [4.69, 9.17) is 11.6 Å². The van der Waals surface area contributed by atoms with Crippen LogP contribution in [0.15, 0.2) is 12.1 Å². The molecule has 1 amide bonds. The molecule has 1 atom stereocenters. The number of amides is 1. The highest BCUT2D eigenvalue weighted by atomic mass is 35.5. The summed E-state index contributed by atoms with van der Waals surface area (Å²) < 4.78 is 0.762. The summed E-state index contributed by atoms with van der Waals surface area (Å²) in [6, 6.07) is 3.79. The lowest BCUT2D eigenvalue weighted by atomic mass is 10.2. The van der Waals surface area contributed by atoms with Gasteiger partial charge in [0.15, 0.2) is 0 Å². The summed E-state index contributed by atoms with van der Waals surface area (Å²) in [4.78, 5) is 12.7. The molecule has 5 heteroatoms. The zero-order valence-electron chi connectivity index (χ0n) is 8.25. The Balaban J connectivity index is 1.80. The molecular weight excluding hydrogens is 232 g/mol. The van der Waals surface area contributed by atoms with Crippen molar-refractivity contribution in [3.05, 3.63) is 21.3 Å². The van der Waals surface area contributed by atoms with Crippen LogP contribution in [0.4, 0.5) is 0 Å². The van der Waals surface area contributed by atoms with Gasteiger partial charge in [-0.15, -0.1) is 11.3 Å². The first-order valence-electron chi connectivity index (χ1n) is 5.01. The second-order valence-corrected chi connectivity index (χ2v) is 5.37. The molecule has 1 fully saturated rings. The van der Waals surface area contributed by atoms with Crippen molar-refractivity contribution in [3.63, 3.8) is 0 Å². The predicted octanol–water partition coefficient (Wildman–Crippen LogP) is 1.77. The van der Waals surface area contributed by atoms with Gasteiger partial charge in [-0.1, -0.05) is 11.6 Å². The quantitative estimate of drug-likeness (QED) is 0.851. The van der Waals surface area contributed by atoms with Crippen LogP contribution in [0.25, 0.3) is 0 Å². The van der Waals surface area contributed by atoms with Gasteiger partial charge in [0.2, 0.25) is 5.91 Å². The Morgan fingerprint density at radius 3 is 3.13 bits per heavy atom. The van der Waals surface area contributed by atoms with Gasteiger partial charge >= 0.3 is 0 Å². The standard InChI is InChI=1S/C10H13ClN2OS/c11-9-4-3-7(15-9)6-13-10(14)8-2-1-5-12-8/h3-4,8,12H,1-2,5-6H2,(H,13,14)/t8-/m0/s1. The SMILES string of the molecule is O=C(NCc1ccc(Cl)s1)[C@@H]1CCCN1. The molecule has 2 N–H and O–H groups in total. The molecule has 1 aliphatic rings. The van der Waals surface area contributed by atoms with Crippen LogP contribution in [0.1, 0.15) is 17.7 Å². The van der Waals surface area contributed by atoms with E-state index in [0.717, 1.165) is 28.6 Å². The molecule has 0 aromatic carbocycles. The molecule has 0 saturated carbocycles. The minimum atomic E-state index is 0.000402. The van der Waals surface area contributed by atoms with Crippen LogP contribution >= 0.6 is 22.9 Å². The fraction of sp³-hybridized carbons (Fsp3) is 0.500. The molecular formula is C10H13ClN2OS. The van der Waals surface area contributed by atoms with Crippen LogP contribution in [0.3, 0.4) is 0 Å². The lowest BCUT2D eigenvalue weighted by Gasteiger charge is -2.09. The van der Waals surface area contributed by atoms with Crippen LogP contribution in [0, 0.1) is 0 Å². The first-order chi connectivity index (χ1) is 7.25.